The summed E-state index contributed by atoms with van der Waals surface area (Å²) in [5, 5.41) is 3.42. The quantitative estimate of drug-likeness (QED) is 0.0551. The minimum Gasteiger partial charge on any atom is -0.462 e. The van der Waals surface area contributed by atoms with E-state index in [4.69, 9.17) is 4.74 Å². The predicted octanol–water partition coefficient (Wildman–Crippen LogP) is 9.91. The first kappa shape index (κ1) is 31.6. The molecular formula is C34H53N2O2+. The van der Waals surface area contributed by atoms with Crippen LogP contribution in [0.1, 0.15) is 127 Å². The van der Waals surface area contributed by atoms with Gasteiger partial charge in [0.05, 0.1) is 18.7 Å². The summed E-state index contributed by atoms with van der Waals surface area (Å²) in [5.74, 6) is -0.232. The van der Waals surface area contributed by atoms with E-state index in [2.05, 4.69) is 54.1 Å². The molecule has 1 N–H and O–H groups in total. The highest BCUT2D eigenvalue weighted by Gasteiger charge is 2.09. The maximum Gasteiger partial charge on any atom is 0.338 e. The lowest BCUT2D eigenvalue weighted by atomic mass is 10.1. The average Bonchev–Trinajstić information content (AvgIpc) is 2.95. The highest BCUT2D eigenvalue weighted by molar-refractivity contribution is 5.90. The van der Waals surface area contributed by atoms with Crippen molar-refractivity contribution in [3.05, 3.63) is 60.2 Å². The van der Waals surface area contributed by atoms with Gasteiger partial charge in [0.1, 0.15) is 11.4 Å². The van der Waals surface area contributed by atoms with Crippen LogP contribution in [0.3, 0.4) is 0 Å². The smallest absolute Gasteiger partial charge is 0.338 e. The Kier molecular flexibility index (Phi) is 17.7. The van der Waals surface area contributed by atoms with Gasteiger partial charge in [-0.2, -0.15) is 0 Å². The molecule has 2 aromatic rings. The van der Waals surface area contributed by atoms with Crippen molar-refractivity contribution in [1.29, 1.82) is 0 Å². The third-order valence-electron chi connectivity index (χ3n) is 7.08. The van der Waals surface area contributed by atoms with Crippen molar-refractivity contribution in [3.8, 4) is 0 Å². The monoisotopic (exact) mass is 521 g/mol. The summed E-state index contributed by atoms with van der Waals surface area (Å²) in [6.07, 6.45) is 22.5. The number of unbranched alkanes of at least 4 members (excludes halogenated alkanes) is 14. The number of benzene rings is 2. The molecule has 0 spiro atoms. The van der Waals surface area contributed by atoms with E-state index in [1.54, 1.807) is 0 Å². The lowest BCUT2D eigenvalue weighted by Crippen LogP contribution is -2.14. The Hall–Kier alpha value is -2.62. The molecule has 0 unspecified atom stereocenters. The fourth-order valence-electron chi connectivity index (χ4n) is 4.64. The third-order valence-corrected chi connectivity index (χ3v) is 7.08. The minimum absolute atomic E-state index is 0.232. The molecule has 0 aliphatic heterocycles. The Morgan fingerprint density at radius 3 is 1.79 bits per heavy atom. The molecule has 0 atom stereocenters. The lowest BCUT2D eigenvalue weighted by molar-refractivity contribution is -0.436. The number of esters is 1. The number of carbonyl (C=O) groups is 1. The molecule has 38 heavy (non-hydrogen) atoms. The van der Waals surface area contributed by atoms with Crippen molar-refractivity contribution in [1.82, 2.24) is 0 Å². The van der Waals surface area contributed by atoms with E-state index in [1.165, 1.54) is 95.6 Å². The van der Waals surface area contributed by atoms with Crippen LogP contribution in [0.25, 0.3) is 0 Å². The molecule has 0 heterocycles. The van der Waals surface area contributed by atoms with Crippen LogP contribution in [0.4, 0.5) is 11.4 Å². The Morgan fingerprint density at radius 2 is 1.21 bits per heavy atom. The largest absolute Gasteiger partial charge is 0.462 e. The van der Waals surface area contributed by atoms with Crippen LogP contribution in [0, 0.1) is 0 Å². The van der Waals surface area contributed by atoms with Crippen molar-refractivity contribution >= 4 is 23.7 Å². The van der Waals surface area contributed by atoms with Gasteiger partial charge in [-0.05, 0) is 55.7 Å². The standard InChI is InChI=1S/C34H52N2O2/c1-3-5-7-9-11-13-15-20-28-36(33-22-18-17-19-23-33)30-35-32-26-24-31(25-27-32)34(37)38-29-21-16-14-12-10-8-6-4-2/h17-19,22-27,30H,3-16,20-21,28-29H2,1-2H3/p+1. The van der Waals surface area contributed by atoms with Crippen molar-refractivity contribution in [2.75, 3.05) is 18.5 Å². The van der Waals surface area contributed by atoms with E-state index < -0.39 is 0 Å². The number of hydrogen-bond donors (Lipinski definition) is 1. The molecule has 2 aromatic carbocycles. The normalized spacial score (nSPS) is 11.5. The molecule has 4 nitrogen and oxygen atoms in total. The Labute approximate surface area is 232 Å². The molecule has 0 amide bonds. The van der Waals surface area contributed by atoms with Gasteiger partial charge in [-0.3, -0.25) is 0 Å². The molecule has 0 aliphatic carbocycles. The number of anilines is 1. The van der Waals surface area contributed by atoms with Crippen molar-refractivity contribution < 1.29 is 14.1 Å². The summed E-state index contributed by atoms with van der Waals surface area (Å²) in [5.41, 5.74) is 2.75. The molecule has 0 saturated heterocycles. The number of ether oxygens (including phenoxy) is 1. The lowest BCUT2D eigenvalue weighted by Gasteiger charge is -2.08. The zero-order chi connectivity index (χ0) is 27.1. The van der Waals surface area contributed by atoms with Crippen LogP contribution in [0.2, 0.25) is 0 Å². The van der Waals surface area contributed by atoms with Gasteiger partial charge in [-0.15, -0.1) is 0 Å². The zero-order valence-corrected chi connectivity index (χ0v) is 24.3. The van der Waals surface area contributed by atoms with Crippen LogP contribution in [-0.4, -0.2) is 30.0 Å². The molecule has 0 saturated carbocycles. The summed E-state index contributed by atoms with van der Waals surface area (Å²) >= 11 is 0. The second-order valence-corrected chi connectivity index (χ2v) is 10.5. The minimum atomic E-state index is -0.232. The molecule has 0 aliphatic rings. The van der Waals surface area contributed by atoms with Gasteiger partial charge in [0, 0.05) is 0 Å². The van der Waals surface area contributed by atoms with E-state index in [1.807, 2.05) is 30.6 Å². The third kappa shape index (κ3) is 14.4. The van der Waals surface area contributed by atoms with Crippen LogP contribution >= 0.6 is 0 Å². The zero-order valence-electron chi connectivity index (χ0n) is 24.3. The topological polar surface area (TPSA) is 41.3 Å². The molecule has 0 bridgehead atoms. The molecular weight excluding hydrogens is 468 g/mol. The SMILES string of the molecule is CCCCCCCCCCOC(=O)c1ccc(NC=[N+](CCCCCCCCCC)c2ccccc2)cc1. The van der Waals surface area contributed by atoms with Crippen molar-refractivity contribution in [2.24, 2.45) is 0 Å². The number of nitrogens with zero attached hydrogens (tertiary/aromatic N) is 1. The fourth-order valence-corrected chi connectivity index (χ4v) is 4.64. The average molecular weight is 522 g/mol. The Balaban J connectivity index is 1.75. The number of carbonyl (C=O) groups excluding carboxylic acids is 1. The first-order chi connectivity index (χ1) is 18.7. The van der Waals surface area contributed by atoms with E-state index in [0.717, 1.165) is 25.1 Å². The van der Waals surface area contributed by atoms with Crippen molar-refractivity contribution in [2.45, 2.75) is 117 Å². The maximum absolute atomic E-state index is 12.4. The summed E-state index contributed by atoms with van der Waals surface area (Å²) in [6, 6.07) is 18.1. The van der Waals surface area contributed by atoms with E-state index in [9.17, 15) is 4.79 Å². The highest BCUT2D eigenvalue weighted by atomic mass is 16.5. The molecule has 0 aromatic heterocycles. The first-order valence-corrected chi connectivity index (χ1v) is 15.4. The van der Waals surface area contributed by atoms with Gasteiger partial charge in [0.15, 0.2) is 0 Å². The van der Waals surface area contributed by atoms with E-state index in [0.29, 0.717) is 12.2 Å². The first-order valence-electron chi connectivity index (χ1n) is 15.4. The maximum atomic E-state index is 12.4. The molecule has 0 fully saturated rings. The van der Waals surface area contributed by atoms with Gasteiger partial charge < -0.3 is 4.74 Å². The highest BCUT2D eigenvalue weighted by Crippen LogP contribution is 2.15. The second kappa shape index (κ2) is 21.3. The number of hydrogen-bond acceptors (Lipinski definition) is 2. The summed E-state index contributed by atoms with van der Waals surface area (Å²) in [7, 11) is 0. The van der Waals surface area contributed by atoms with Gasteiger partial charge in [-0.25, -0.2) is 14.7 Å². The second-order valence-electron chi connectivity index (χ2n) is 10.5. The van der Waals surface area contributed by atoms with Crippen molar-refractivity contribution in [3.63, 3.8) is 0 Å². The number of para-hydroxylation sites is 1. The molecule has 0 radical (unpaired) electrons. The molecule has 210 valence electrons. The molecule has 2 rings (SSSR count). The predicted molar refractivity (Wildman–Crippen MR) is 163 cm³/mol. The summed E-state index contributed by atoms with van der Waals surface area (Å²) in [6.45, 7) is 6.00. The molecule has 4 heteroatoms. The van der Waals surface area contributed by atoms with Gasteiger partial charge in [-0.1, -0.05) is 116 Å². The number of nitrogens with one attached hydrogen (secondary N) is 1. The Bertz CT molecular complexity index is 877. The van der Waals surface area contributed by atoms with Crippen LogP contribution in [0.15, 0.2) is 54.6 Å². The van der Waals surface area contributed by atoms with E-state index >= 15 is 0 Å². The van der Waals surface area contributed by atoms with Gasteiger partial charge in [0.2, 0.25) is 6.34 Å². The number of rotatable bonds is 22. The Morgan fingerprint density at radius 1 is 0.684 bits per heavy atom. The van der Waals surface area contributed by atoms with E-state index in [-0.39, 0.29) is 5.97 Å². The van der Waals surface area contributed by atoms with Gasteiger partial charge >= 0.3 is 5.97 Å². The van der Waals surface area contributed by atoms with Crippen LogP contribution < -0.4 is 5.32 Å². The van der Waals surface area contributed by atoms with Crippen LogP contribution in [0.5, 0.6) is 0 Å². The fraction of sp³-hybridized carbons (Fsp3) is 0.588. The summed E-state index contributed by atoms with van der Waals surface area (Å²) in [4.78, 5) is 12.4. The van der Waals surface area contributed by atoms with Gasteiger partial charge in [0.25, 0.3) is 0 Å². The summed E-state index contributed by atoms with van der Waals surface area (Å²) < 4.78 is 7.77. The van der Waals surface area contributed by atoms with Crippen LogP contribution in [-0.2, 0) is 4.74 Å².